The molecule has 9 heteroatoms. The first-order valence-electron chi connectivity index (χ1n) is 8.72. The highest BCUT2D eigenvalue weighted by molar-refractivity contribution is 7.86. The predicted octanol–water partition coefficient (Wildman–Crippen LogP) is -0.114. The average molecular weight is 385 g/mol. The van der Waals surface area contributed by atoms with Gasteiger partial charge in [-0.25, -0.2) is 0 Å². The third kappa shape index (κ3) is 3.40. The number of morpholine rings is 1. The molecule has 3 aliphatic rings. The van der Waals surface area contributed by atoms with Gasteiger partial charge in [0.1, 0.15) is 12.2 Å². The van der Waals surface area contributed by atoms with Gasteiger partial charge in [-0.3, -0.25) is 9.08 Å². The average Bonchev–Trinajstić information content (AvgIpc) is 3.06. The van der Waals surface area contributed by atoms with E-state index in [1.807, 2.05) is 6.92 Å². The van der Waals surface area contributed by atoms with E-state index in [-0.39, 0.29) is 11.0 Å². The van der Waals surface area contributed by atoms with Crippen LogP contribution in [-0.2, 0) is 28.5 Å². The number of aliphatic hydroxyl groups is 1. The Kier molecular flexibility index (Phi) is 5.04. The van der Waals surface area contributed by atoms with Crippen molar-refractivity contribution in [2.45, 2.75) is 42.5 Å². The lowest BCUT2D eigenvalue weighted by molar-refractivity contribution is -0.211. The molecule has 1 aromatic rings. The Morgan fingerprint density at radius 1 is 1.19 bits per heavy atom. The Morgan fingerprint density at radius 3 is 2.58 bits per heavy atom. The van der Waals surface area contributed by atoms with E-state index in [1.165, 1.54) is 12.1 Å². The molecular formula is C17H23NO7S. The molecular weight excluding hydrogens is 362 g/mol. The smallest absolute Gasteiger partial charge is 0.297 e. The summed E-state index contributed by atoms with van der Waals surface area (Å²) in [4.78, 5) is 2.09. The summed E-state index contributed by atoms with van der Waals surface area (Å²) in [6.07, 6.45) is -3.37. The Hall–Kier alpha value is -1.07. The van der Waals surface area contributed by atoms with E-state index in [1.54, 1.807) is 12.1 Å². The Balaban J connectivity index is 1.56. The van der Waals surface area contributed by atoms with Crippen molar-refractivity contribution in [3.63, 3.8) is 0 Å². The monoisotopic (exact) mass is 385 g/mol. The molecule has 5 atom stereocenters. The van der Waals surface area contributed by atoms with Crippen molar-refractivity contribution in [2.24, 2.45) is 0 Å². The van der Waals surface area contributed by atoms with Gasteiger partial charge in [0.2, 0.25) is 0 Å². The fraction of sp³-hybridized carbons (Fsp3) is 0.647. The van der Waals surface area contributed by atoms with Crippen molar-refractivity contribution in [2.75, 3.05) is 32.9 Å². The van der Waals surface area contributed by atoms with Crippen LogP contribution in [-0.4, -0.2) is 82.0 Å². The molecule has 3 aliphatic heterocycles. The standard InChI is InChI=1S/C17H23NO7S/c1-11-2-4-12(5-3-11)26(20,21)25-16-15(19)14(13-10-23-17(16)24-13)18-6-8-22-9-7-18/h2-5,13-17,19H,6-10H2,1H3. The Labute approximate surface area is 152 Å². The number of benzene rings is 1. The highest BCUT2D eigenvalue weighted by Gasteiger charge is 2.54. The zero-order valence-electron chi connectivity index (χ0n) is 14.5. The van der Waals surface area contributed by atoms with Crippen molar-refractivity contribution in [3.05, 3.63) is 29.8 Å². The lowest BCUT2D eigenvalue weighted by Gasteiger charge is -2.44. The van der Waals surface area contributed by atoms with Crippen molar-refractivity contribution < 1.29 is 31.9 Å². The first-order valence-corrected chi connectivity index (χ1v) is 10.1. The summed E-state index contributed by atoms with van der Waals surface area (Å²) < 4.78 is 47.4. The molecule has 3 fully saturated rings. The van der Waals surface area contributed by atoms with E-state index in [2.05, 4.69) is 4.90 Å². The second-order valence-corrected chi connectivity index (χ2v) is 8.41. The van der Waals surface area contributed by atoms with Crippen LogP contribution in [0.2, 0.25) is 0 Å². The molecule has 2 bridgehead atoms. The van der Waals surface area contributed by atoms with E-state index < -0.39 is 34.7 Å². The Morgan fingerprint density at radius 2 is 1.88 bits per heavy atom. The molecule has 5 unspecified atom stereocenters. The largest absolute Gasteiger partial charge is 0.388 e. The third-order valence-electron chi connectivity index (χ3n) is 5.08. The van der Waals surface area contributed by atoms with E-state index in [4.69, 9.17) is 18.4 Å². The minimum Gasteiger partial charge on any atom is -0.388 e. The second kappa shape index (κ2) is 7.16. The zero-order chi connectivity index (χ0) is 18.3. The molecule has 144 valence electrons. The fourth-order valence-corrected chi connectivity index (χ4v) is 4.78. The van der Waals surface area contributed by atoms with Gasteiger partial charge in [-0.1, -0.05) is 17.7 Å². The van der Waals surface area contributed by atoms with E-state index in [0.29, 0.717) is 32.9 Å². The van der Waals surface area contributed by atoms with E-state index in [9.17, 15) is 13.5 Å². The topological polar surface area (TPSA) is 94.5 Å². The van der Waals surface area contributed by atoms with Crippen LogP contribution in [0.4, 0.5) is 0 Å². The molecule has 8 nitrogen and oxygen atoms in total. The van der Waals surface area contributed by atoms with Crippen LogP contribution in [0.1, 0.15) is 5.56 Å². The number of aliphatic hydroxyl groups excluding tert-OH is 1. The highest BCUT2D eigenvalue weighted by Crippen LogP contribution is 2.34. The lowest BCUT2D eigenvalue weighted by Crippen LogP contribution is -2.63. The molecule has 0 saturated carbocycles. The maximum absolute atomic E-state index is 12.6. The maximum atomic E-state index is 12.6. The molecule has 0 spiro atoms. The summed E-state index contributed by atoms with van der Waals surface area (Å²) in [5.74, 6) is 0. The minimum absolute atomic E-state index is 0.0401. The van der Waals surface area contributed by atoms with Crippen molar-refractivity contribution in [1.29, 1.82) is 0 Å². The van der Waals surface area contributed by atoms with Crippen LogP contribution < -0.4 is 0 Å². The lowest BCUT2D eigenvalue weighted by atomic mass is 9.96. The van der Waals surface area contributed by atoms with Gasteiger partial charge in [0, 0.05) is 13.1 Å². The Bertz CT molecular complexity index is 732. The van der Waals surface area contributed by atoms with Gasteiger partial charge in [0.25, 0.3) is 10.1 Å². The molecule has 0 radical (unpaired) electrons. The summed E-state index contributed by atoms with van der Waals surface area (Å²) in [5.41, 5.74) is 0.944. The van der Waals surface area contributed by atoms with Crippen LogP contribution >= 0.6 is 0 Å². The summed E-state index contributed by atoms with van der Waals surface area (Å²) in [6, 6.07) is 5.97. The number of hydrogen-bond donors (Lipinski definition) is 1. The van der Waals surface area contributed by atoms with Crippen molar-refractivity contribution >= 4 is 10.1 Å². The van der Waals surface area contributed by atoms with Crippen LogP contribution in [0.25, 0.3) is 0 Å². The molecule has 4 rings (SSSR count). The molecule has 3 heterocycles. The molecule has 0 aliphatic carbocycles. The second-order valence-electron chi connectivity index (χ2n) is 6.83. The summed E-state index contributed by atoms with van der Waals surface area (Å²) >= 11 is 0. The zero-order valence-corrected chi connectivity index (χ0v) is 15.3. The van der Waals surface area contributed by atoms with Crippen molar-refractivity contribution in [1.82, 2.24) is 4.90 Å². The van der Waals surface area contributed by atoms with E-state index >= 15 is 0 Å². The van der Waals surface area contributed by atoms with Gasteiger partial charge >= 0.3 is 0 Å². The maximum Gasteiger partial charge on any atom is 0.297 e. The summed E-state index contributed by atoms with van der Waals surface area (Å²) in [7, 11) is -4.05. The van der Waals surface area contributed by atoms with Gasteiger partial charge in [-0.15, -0.1) is 0 Å². The SMILES string of the molecule is Cc1ccc(S(=O)(=O)OC2C3OCC(O3)C(N3CCOCC3)C2O)cc1. The first kappa shape index (κ1) is 18.3. The number of hydrogen-bond acceptors (Lipinski definition) is 8. The van der Waals surface area contributed by atoms with Crippen LogP contribution in [0.15, 0.2) is 29.2 Å². The van der Waals surface area contributed by atoms with Crippen molar-refractivity contribution in [3.8, 4) is 0 Å². The van der Waals surface area contributed by atoms with Gasteiger partial charge in [0.05, 0.1) is 30.8 Å². The first-order chi connectivity index (χ1) is 12.5. The van der Waals surface area contributed by atoms with Crippen LogP contribution in [0.3, 0.4) is 0 Å². The minimum atomic E-state index is -4.05. The van der Waals surface area contributed by atoms with Crippen LogP contribution in [0.5, 0.6) is 0 Å². The molecule has 3 saturated heterocycles. The van der Waals surface area contributed by atoms with Gasteiger partial charge in [-0.05, 0) is 19.1 Å². The van der Waals surface area contributed by atoms with Gasteiger partial charge in [0.15, 0.2) is 12.4 Å². The normalized spacial score (nSPS) is 35.5. The molecule has 1 N–H and O–H groups in total. The molecule has 26 heavy (non-hydrogen) atoms. The van der Waals surface area contributed by atoms with E-state index in [0.717, 1.165) is 5.56 Å². The predicted molar refractivity (Wildman–Crippen MR) is 90.0 cm³/mol. The number of rotatable bonds is 4. The molecule has 0 amide bonds. The number of fused-ring (bicyclic) bond motifs is 2. The summed E-state index contributed by atoms with van der Waals surface area (Å²) in [5, 5.41) is 10.9. The third-order valence-corrected chi connectivity index (χ3v) is 6.41. The highest BCUT2D eigenvalue weighted by atomic mass is 32.2. The summed E-state index contributed by atoms with van der Waals surface area (Å²) in [6.45, 7) is 4.58. The number of aryl methyl sites for hydroxylation is 1. The van der Waals surface area contributed by atoms with Crippen LogP contribution in [0, 0.1) is 6.92 Å². The number of nitrogens with zero attached hydrogens (tertiary/aromatic N) is 1. The molecule has 1 aromatic carbocycles. The number of ether oxygens (including phenoxy) is 3. The van der Waals surface area contributed by atoms with Gasteiger partial charge in [-0.2, -0.15) is 8.42 Å². The molecule has 0 aromatic heterocycles. The quantitative estimate of drug-likeness (QED) is 0.718. The fourth-order valence-electron chi connectivity index (χ4n) is 3.70. The van der Waals surface area contributed by atoms with Gasteiger partial charge < -0.3 is 19.3 Å².